The lowest BCUT2D eigenvalue weighted by molar-refractivity contribution is -0.143. The lowest BCUT2D eigenvalue weighted by Gasteiger charge is -2.38. The van der Waals surface area contributed by atoms with Crippen molar-refractivity contribution in [3.63, 3.8) is 0 Å². The van der Waals surface area contributed by atoms with Gasteiger partial charge in [0.2, 0.25) is 5.91 Å². The average molecular weight is 416 g/mol. The maximum absolute atomic E-state index is 13.9. The minimum absolute atomic E-state index is 0.0290. The van der Waals surface area contributed by atoms with Gasteiger partial charge in [-0.2, -0.15) is 0 Å². The Bertz CT molecular complexity index is 1050. The molecule has 2 heterocycles. The number of para-hydroxylation sites is 1. The van der Waals surface area contributed by atoms with Gasteiger partial charge in [-0.1, -0.05) is 67.8 Å². The van der Waals surface area contributed by atoms with Crippen molar-refractivity contribution in [1.29, 1.82) is 0 Å². The van der Waals surface area contributed by atoms with Crippen molar-refractivity contribution in [3.05, 3.63) is 71.9 Å². The van der Waals surface area contributed by atoms with Crippen LogP contribution in [0.25, 0.3) is 10.9 Å². The Kier molecular flexibility index (Phi) is 5.26. The van der Waals surface area contributed by atoms with Crippen LogP contribution in [0.15, 0.2) is 60.7 Å². The number of benzene rings is 2. The van der Waals surface area contributed by atoms with Crippen LogP contribution in [0.2, 0.25) is 0 Å². The van der Waals surface area contributed by atoms with E-state index in [0.29, 0.717) is 19.4 Å². The summed E-state index contributed by atoms with van der Waals surface area (Å²) in [5.74, 6) is -0.0194. The van der Waals surface area contributed by atoms with E-state index < -0.39 is 5.54 Å². The molecule has 31 heavy (non-hydrogen) atoms. The lowest BCUT2D eigenvalue weighted by atomic mass is 9.88. The molecule has 1 saturated carbocycles. The van der Waals surface area contributed by atoms with Crippen molar-refractivity contribution >= 4 is 22.7 Å². The quantitative estimate of drug-likeness (QED) is 0.638. The first-order chi connectivity index (χ1) is 15.2. The van der Waals surface area contributed by atoms with Crippen molar-refractivity contribution in [2.24, 2.45) is 0 Å². The van der Waals surface area contributed by atoms with E-state index in [1.165, 1.54) is 6.42 Å². The second-order valence-electron chi connectivity index (χ2n) is 8.90. The number of amides is 2. The molecule has 5 rings (SSSR count). The summed E-state index contributed by atoms with van der Waals surface area (Å²) in [6.07, 6.45) is 6.43. The maximum atomic E-state index is 13.9. The molecule has 2 fully saturated rings. The number of fused-ring (bicyclic) bond motifs is 1. The van der Waals surface area contributed by atoms with Crippen molar-refractivity contribution in [2.75, 3.05) is 0 Å². The first kappa shape index (κ1) is 19.9. The van der Waals surface area contributed by atoms with Crippen LogP contribution in [-0.2, 0) is 21.7 Å². The van der Waals surface area contributed by atoms with Gasteiger partial charge in [0, 0.05) is 24.5 Å². The van der Waals surface area contributed by atoms with Crippen molar-refractivity contribution in [2.45, 2.75) is 63.1 Å². The summed E-state index contributed by atoms with van der Waals surface area (Å²) >= 11 is 0. The van der Waals surface area contributed by atoms with Gasteiger partial charge in [0.15, 0.2) is 5.54 Å². The Morgan fingerprint density at radius 3 is 2.55 bits per heavy atom. The van der Waals surface area contributed by atoms with E-state index >= 15 is 0 Å². The number of nitrogens with one attached hydrogen (secondary N) is 2. The van der Waals surface area contributed by atoms with Gasteiger partial charge in [0.1, 0.15) is 0 Å². The number of nitrogens with zero attached hydrogens (tertiary/aromatic N) is 1. The maximum Gasteiger partial charge on any atom is 0.252 e. The molecule has 1 aromatic heterocycles. The van der Waals surface area contributed by atoms with E-state index in [4.69, 9.17) is 0 Å². The van der Waals surface area contributed by atoms with Crippen molar-refractivity contribution in [3.8, 4) is 0 Å². The van der Waals surface area contributed by atoms with Crippen molar-refractivity contribution in [1.82, 2.24) is 15.2 Å². The number of H-pyrrole nitrogens is 1. The Morgan fingerprint density at radius 1 is 1.03 bits per heavy atom. The van der Waals surface area contributed by atoms with Crippen LogP contribution in [0.4, 0.5) is 0 Å². The first-order valence-corrected chi connectivity index (χ1v) is 11.4. The molecule has 2 amide bonds. The normalized spacial score (nSPS) is 22.2. The summed E-state index contributed by atoms with van der Waals surface area (Å²) in [4.78, 5) is 32.3. The van der Waals surface area contributed by atoms with E-state index in [-0.39, 0.29) is 17.9 Å². The van der Waals surface area contributed by atoms with Gasteiger partial charge in [0.05, 0.1) is 5.69 Å². The monoisotopic (exact) mass is 415 g/mol. The minimum atomic E-state index is -1.01. The zero-order valence-corrected chi connectivity index (χ0v) is 17.8. The van der Waals surface area contributed by atoms with Crippen LogP contribution in [0, 0.1) is 0 Å². The van der Waals surface area contributed by atoms with Crippen LogP contribution < -0.4 is 5.32 Å². The predicted octanol–water partition coefficient (Wildman–Crippen LogP) is 4.63. The first-order valence-electron chi connectivity index (χ1n) is 11.4. The molecule has 160 valence electrons. The third-order valence-corrected chi connectivity index (χ3v) is 6.94. The SMILES string of the molecule is O=C1CCC(C(=O)NC2CCCCC2)(c2cc3ccccc3[nH]2)N1Cc1ccccc1. The molecule has 2 aromatic carbocycles. The molecule has 1 aliphatic carbocycles. The molecule has 1 unspecified atom stereocenters. The molecule has 0 spiro atoms. The summed E-state index contributed by atoms with van der Waals surface area (Å²) in [5.41, 5.74) is 1.82. The van der Waals surface area contributed by atoms with Gasteiger partial charge in [-0.05, 0) is 42.3 Å². The number of hydrogen-bond acceptors (Lipinski definition) is 2. The van der Waals surface area contributed by atoms with E-state index in [1.807, 2.05) is 60.7 Å². The van der Waals surface area contributed by atoms with Crippen LogP contribution in [0.5, 0.6) is 0 Å². The number of rotatable bonds is 5. The third-order valence-electron chi connectivity index (χ3n) is 6.94. The summed E-state index contributed by atoms with van der Waals surface area (Å²) in [6, 6.07) is 20.2. The molecule has 0 bridgehead atoms. The van der Waals surface area contributed by atoms with Gasteiger partial charge in [-0.15, -0.1) is 0 Å². The summed E-state index contributed by atoms with van der Waals surface area (Å²) in [5, 5.41) is 4.38. The third kappa shape index (κ3) is 3.62. The molecule has 2 aliphatic rings. The van der Waals surface area contributed by atoms with Crippen LogP contribution in [0.1, 0.15) is 56.2 Å². The zero-order chi connectivity index (χ0) is 21.3. The van der Waals surface area contributed by atoms with Gasteiger partial charge in [-0.25, -0.2) is 0 Å². The van der Waals surface area contributed by atoms with E-state index in [0.717, 1.165) is 47.8 Å². The van der Waals surface area contributed by atoms with E-state index in [1.54, 1.807) is 4.90 Å². The van der Waals surface area contributed by atoms with Gasteiger partial charge in [-0.3, -0.25) is 9.59 Å². The molecule has 3 aromatic rings. The lowest BCUT2D eigenvalue weighted by Crippen LogP contribution is -2.56. The summed E-state index contributed by atoms with van der Waals surface area (Å²) < 4.78 is 0. The second kappa shape index (κ2) is 8.22. The Balaban J connectivity index is 1.57. The summed E-state index contributed by atoms with van der Waals surface area (Å²) in [6.45, 7) is 0.424. The molecule has 1 aliphatic heterocycles. The van der Waals surface area contributed by atoms with Crippen LogP contribution in [-0.4, -0.2) is 27.7 Å². The van der Waals surface area contributed by atoms with Crippen LogP contribution >= 0.6 is 0 Å². The zero-order valence-electron chi connectivity index (χ0n) is 17.8. The highest BCUT2D eigenvalue weighted by atomic mass is 16.2. The number of hydrogen-bond donors (Lipinski definition) is 2. The van der Waals surface area contributed by atoms with Crippen molar-refractivity contribution < 1.29 is 9.59 Å². The topological polar surface area (TPSA) is 65.2 Å². The number of carbonyl (C=O) groups is 2. The fourth-order valence-corrected chi connectivity index (χ4v) is 5.25. The Hall–Kier alpha value is -3.08. The summed E-state index contributed by atoms with van der Waals surface area (Å²) in [7, 11) is 0. The van der Waals surface area contributed by atoms with Gasteiger partial charge < -0.3 is 15.2 Å². The highest BCUT2D eigenvalue weighted by Crippen LogP contribution is 2.42. The molecule has 1 saturated heterocycles. The highest BCUT2D eigenvalue weighted by molar-refractivity contribution is 5.97. The minimum Gasteiger partial charge on any atom is -0.356 e. The van der Waals surface area contributed by atoms with Crippen LogP contribution in [0.3, 0.4) is 0 Å². The highest BCUT2D eigenvalue weighted by Gasteiger charge is 2.53. The predicted molar refractivity (Wildman–Crippen MR) is 121 cm³/mol. The average Bonchev–Trinajstić information content (AvgIpc) is 3.37. The molecular formula is C26H29N3O2. The number of aromatic amines is 1. The number of carbonyl (C=O) groups excluding carboxylic acids is 2. The van der Waals surface area contributed by atoms with Gasteiger partial charge in [0.25, 0.3) is 5.91 Å². The number of aromatic nitrogens is 1. The molecular weight excluding hydrogens is 386 g/mol. The fraction of sp³-hybridized carbons (Fsp3) is 0.385. The van der Waals surface area contributed by atoms with E-state index in [2.05, 4.69) is 10.3 Å². The second-order valence-corrected chi connectivity index (χ2v) is 8.90. The molecule has 5 heteroatoms. The molecule has 5 nitrogen and oxygen atoms in total. The largest absolute Gasteiger partial charge is 0.356 e. The number of likely N-dealkylation sites (tertiary alicyclic amines) is 1. The molecule has 2 N–H and O–H groups in total. The fourth-order valence-electron chi connectivity index (χ4n) is 5.25. The Labute approximate surface area is 182 Å². The Morgan fingerprint density at radius 2 is 1.77 bits per heavy atom. The van der Waals surface area contributed by atoms with Gasteiger partial charge >= 0.3 is 0 Å². The molecule has 1 atom stereocenters. The molecule has 0 radical (unpaired) electrons. The van der Waals surface area contributed by atoms with E-state index in [9.17, 15) is 9.59 Å². The standard InChI is InChI=1S/C26H29N3O2/c30-24-15-16-26(25(31)27-21-12-5-2-6-13-21,29(24)18-19-9-3-1-4-10-19)23-17-20-11-7-8-14-22(20)28-23/h1,3-4,7-11,14,17,21,28H,2,5-6,12-13,15-16,18H2,(H,27,31). The smallest absolute Gasteiger partial charge is 0.252 e.